The molecule has 3 aromatic rings. The highest BCUT2D eigenvalue weighted by Gasteiger charge is 2.19. The van der Waals surface area contributed by atoms with Crippen LogP contribution in [0, 0.1) is 5.41 Å². The summed E-state index contributed by atoms with van der Waals surface area (Å²) in [4.78, 5) is 28.7. The SMILES string of the molecule is C=C/C(=C\C=C/C)c1[nH]n(-c2nc(-c3ccc(C(=O)O)cc3)cs2)c(=O)c1N=NC(C)=N. The topological polar surface area (TPSA) is 137 Å². The summed E-state index contributed by atoms with van der Waals surface area (Å²) in [6.45, 7) is 7.12. The number of thiazole rings is 1. The summed E-state index contributed by atoms with van der Waals surface area (Å²) >= 11 is 1.24. The molecule has 0 aliphatic carbocycles. The first-order valence-electron chi connectivity index (χ1n) is 9.43. The van der Waals surface area contributed by atoms with Crippen molar-refractivity contribution in [3.8, 4) is 16.4 Å². The van der Waals surface area contributed by atoms with Crippen LogP contribution < -0.4 is 5.56 Å². The Morgan fingerprint density at radius 1 is 1.34 bits per heavy atom. The minimum absolute atomic E-state index is 0.0369. The smallest absolute Gasteiger partial charge is 0.335 e. The second kappa shape index (κ2) is 9.75. The summed E-state index contributed by atoms with van der Waals surface area (Å²) in [5.74, 6) is -1.05. The number of amidine groups is 1. The number of carbonyl (C=O) groups is 1. The standard InChI is InChI=1S/C22H20N6O3S/c1-4-6-7-14(5-2)18-19(26-25-13(3)23)20(29)28(27-18)22-24-17(12-32-22)15-8-10-16(11-9-15)21(30)31/h4-12,23,27H,2H2,1,3H3,(H,30,31)/b6-4-,14-7+,23-13?,26-25?. The first-order chi connectivity index (χ1) is 15.3. The second-order valence-corrected chi connectivity index (χ2v) is 7.35. The Hall–Kier alpha value is -4.18. The van der Waals surface area contributed by atoms with E-state index in [1.165, 1.54) is 35.1 Å². The zero-order valence-corrected chi connectivity index (χ0v) is 18.2. The van der Waals surface area contributed by atoms with Crippen LogP contribution in [0.2, 0.25) is 0 Å². The van der Waals surface area contributed by atoms with Crippen molar-refractivity contribution in [2.24, 2.45) is 10.2 Å². The Bertz CT molecular complexity index is 1320. The van der Waals surface area contributed by atoms with Gasteiger partial charge in [0.05, 0.1) is 17.0 Å². The van der Waals surface area contributed by atoms with Crippen LogP contribution in [0.3, 0.4) is 0 Å². The third-order valence-corrected chi connectivity index (χ3v) is 5.08. The van der Waals surface area contributed by atoms with Crippen molar-refractivity contribution in [1.82, 2.24) is 14.8 Å². The van der Waals surface area contributed by atoms with E-state index >= 15 is 0 Å². The molecular weight excluding hydrogens is 428 g/mol. The molecule has 10 heteroatoms. The molecule has 2 heterocycles. The highest BCUT2D eigenvalue weighted by molar-refractivity contribution is 7.12. The highest BCUT2D eigenvalue weighted by atomic mass is 32.1. The van der Waals surface area contributed by atoms with Gasteiger partial charge in [-0.3, -0.25) is 15.3 Å². The number of aromatic carboxylic acids is 1. The Balaban J connectivity index is 2.09. The molecule has 3 rings (SSSR count). The van der Waals surface area contributed by atoms with E-state index in [-0.39, 0.29) is 17.1 Å². The number of carboxylic acids is 1. The molecule has 0 spiro atoms. The van der Waals surface area contributed by atoms with Gasteiger partial charge in [0.25, 0.3) is 0 Å². The number of nitrogens with zero attached hydrogens (tertiary/aromatic N) is 4. The van der Waals surface area contributed by atoms with Gasteiger partial charge in [0.2, 0.25) is 5.13 Å². The number of rotatable bonds is 7. The van der Waals surface area contributed by atoms with E-state index in [9.17, 15) is 9.59 Å². The zero-order valence-electron chi connectivity index (χ0n) is 17.4. The van der Waals surface area contributed by atoms with Gasteiger partial charge < -0.3 is 5.11 Å². The first kappa shape index (κ1) is 22.5. The number of allylic oxidation sites excluding steroid dienone is 5. The van der Waals surface area contributed by atoms with Crippen LogP contribution >= 0.6 is 11.3 Å². The number of hydrogen-bond donors (Lipinski definition) is 3. The number of benzene rings is 1. The normalized spacial score (nSPS) is 12.0. The van der Waals surface area contributed by atoms with Gasteiger partial charge in [-0.2, -0.15) is 4.68 Å². The lowest BCUT2D eigenvalue weighted by Crippen LogP contribution is -2.13. The van der Waals surface area contributed by atoms with E-state index in [4.69, 9.17) is 10.5 Å². The third kappa shape index (κ3) is 4.76. The summed E-state index contributed by atoms with van der Waals surface area (Å²) < 4.78 is 1.26. The molecule has 0 atom stereocenters. The van der Waals surface area contributed by atoms with Gasteiger partial charge in [0.1, 0.15) is 5.84 Å². The fraction of sp³-hybridized carbons (Fsp3) is 0.0909. The maximum absolute atomic E-state index is 13.1. The molecule has 0 unspecified atom stereocenters. The minimum atomic E-state index is -1.01. The second-order valence-electron chi connectivity index (χ2n) is 6.51. The number of carboxylic acid groups (broad SMARTS) is 1. The maximum atomic E-state index is 13.1. The Kier molecular flexibility index (Phi) is 6.86. The lowest BCUT2D eigenvalue weighted by atomic mass is 10.1. The van der Waals surface area contributed by atoms with Gasteiger partial charge in [0, 0.05) is 16.5 Å². The van der Waals surface area contributed by atoms with Crippen LogP contribution in [-0.2, 0) is 0 Å². The van der Waals surface area contributed by atoms with Crippen molar-refractivity contribution in [3.63, 3.8) is 0 Å². The lowest BCUT2D eigenvalue weighted by molar-refractivity contribution is 0.0697. The van der Waals surface area contributed by atoms with Crippen molar-refractivity contribution in [2.45, 2.75) is 13.8 Å². The van der Waals surface area contributed by atoms with E-state index in [0.29, 0.717) is 22.1 Å². The summed E-state index contributed by atoms with van der Waals surface area (Å²) in [5, 5.41) is 29.4. The molecule has 0 fully saturated rings. The number of nitrogens with one attached hydrogen (secondary N) is 2. The van der Waals surface area contributed by atoms with Gasteiger partial charge in [-0.05, 0) is 26.0 Å². The van der Waals surface area contributed by atoms with Crippen LogP contribution in [0.1, 0.15) is 29.9 Å². The molecule has 0 aliphatic rings. The van der Waals surface area contributed by atoms with Crippen LogP contribution in [0.15, 0.2) is 75.6 Å². The summed E-state index contributed by atoms with van der Waals surface area (Å²) in [6, 6.07) is 6.31. The number of azo groups is 1. The summed E-state index contributed by atoms with van der Waals surface area (Å²) in [6.07, 6.45) is 7.00. The molecule has 0 saturated heterocycles. The summed E-state index contributed by atoms with van der Waals surface area (Å²) in [5.41, 5.74) is 2.08. The lowest BCUT2D eigenvalue weighted by Gasteiger charge is -2.00. The molecule has 0 saturated carbocycles. The molecule has 0 radical (unpaired) electrons. The van der Waals surface area contributed by atoms with Crippen LogP contribution in [-0.4, -0.2) is 31.7 Å². The molecule has 0 bridgehead atoms. The van der Waals surface area contributed by atoms with E-state index < -0.39 is 11.5 Å². The third-order valence-electron chi connectivity index (χ3n) is 4.25. The summed E-state index contributed by atoms with van der Waals surface area (Å²) in [7, 11) is 0. The quantitative estimate of drug-likeness (QED) is 0.198. The predicted molar refractivity (Wildman–Crippen MR) is 125 cm³/mol. The van der Waals surface area contributed by atoms with Gasteiger partial charge in [-0.1, -0.05) is 43.0 Å². The van der Waals surface area contributed by atoms with Gasteiger partial charge in [-0.15, -0.1) is 21.6 Å². The number of H-pyrrole nitrogens is 1. The van der Waals surface area contributed by atoms with Crippen molar-refractivity contribution < 1.29 is 9.90 Å². The van der Waals surface area contributed by atoms with E-state index in [2.05, 4.69) is 26.9 Å². The molecule has 2 aromatic heterocycles. The van der Waals surface area contributed by atoms with Gasteiger partial charge in [0.15, 0.2) is 5.69 Å². The Morgan fingerprint density at radius 2 is 2.06 bits per heavy atom. The molecule has 1 aromatic carbocycles. The number of aromatic nitrogens is 3. The Morgan fingerprint density at radius 3 is 2.66 bits per heavy atom. The molecule has 9 nitrogen and oxygen atoms in total. The fourth-order valence-electron chi connectivity index (χ4n) is 2.72. The van der Waals surface area contributed by atoms with E-state index in [1.807, 2.05) is 13.0 Å². The molecule has 162 valence electrons. The average Bonchev–Trinajstić information content (AvgIpc) is 3.38. The predicted octanol–water partition coefficient (Wildman–Crippen LogP) is 5.21. The minimum Gasteiger partial charge on any atom is -0.478 e. The highest BCUT2D eigenvalue weighted by Crippen LogP contribution is 2.27. The fourth-order valence-corrected chi connectivity index (χ4v) is 3.51. The van der Waals surface area contributed by atoms with E-state index in [0.717, 1.165) is 5.56 Å². The van der Waals surface area contributed by atoms with E-state index in [1.54, 1.807) is 35.7 Å². The van der Waals surface area contributed by atoms with Crippen molar-refractivity contribution in [2.75, 3.05) is 0 Å². The number of hydrogen-bond acceptors (Lipinski definition) is 6. The van der Waals surface area contributed by atoms with Gasteiger partial charge in [-0.25, -0.2) is 9.78 Å². The van der Waals surface area contributed by atoms with Crippen molar-refractivity contribution in [3.05, 3.63) is 82.1 Å². The molecule has 3 N–H and O–H groups in total. The Labute approximate surface area is 187 Å². The van der Waals surface area contributed by atoms with Crippen LogP contribution in [0.25, 0.3) is 22.0 Å². The van der Waals surface area contributed by atoms with Crippen LogP contribution in [0.4, 0.5) is 5.69 Å². The van der Waals surface area contributed by atoms with Crippen molar-refractivity contribution in [1.29, 1.82) is 5.41 Å². The number of aromatic amines is 1. The van der Waals surface area contributed by atoms with Crippen molar-refractivity contribution >= 4 is 34.4 Å². The monoisotopic (exact) mass is 448 g/mol. The molecule has 0 aliphatic heterocycles. The molecule has 32 heavy (non-hydrogen) atoms. The van der Waals surface area contributed by atoms with Gasteiger partial charge >= 0.3 is 11.5 Å². The molecular formula is C22H20N6O3S. The first-order valence-corrected chi connectivity index (χ1v) is 10.3. The zero-order chi connectivity index (χ0) is 23.3. The largest absolute Gasteiger partial charge is 0.478 e. The molecule has 0 amide bonds. The average molecular weight is 449 g/mol. The van der Waals surface area contributed by atoms with Crippen LogP contribution in [0.5, 0.6) is 0 Å². The maximum Gasteiger partial charge on any atom is 0.335 e.